The minimum Gasteiger partial charge on any atom is -0.493 e. The molecule has 1 amide bonds. The van der Waals surface area contributed by atoms with Crippen LogP contribution in [0.5, 0.6) is 5.75 Å². The molecule has 0 saturated carbocycles. The minimum absolute atomic E-state index is 0.334. The molecule has 8 nitrogen and oxygen atoms in total. The van der Waals surface area contributed by atoms with Gasteiger partial charge in [0.05, 0.1) is 32.1 Å². The summed E-state index contributed by atoms with van der Waals surface area (Å²) < 4.78 is 13.2. The Morgan fingerprint density at radius 2 is 1.89 bits per heavy atom. The molecule has 9 heteroatoms. The number of anilines is 3. The number of carbonyl (C=O) groups is 1. The number of hydrogen-bond acceptors (Lipinski definition) is 5. The summed E-state index contributed by atoms with van der Waals surface area (Å²) >= 11 is 6.25. The van der Waals surface area contributed by atoms with E-state index in [4.69, 9.17) is 21.1 Å². The number of ether oxygens (including phenoxy) is 2. The average molecular weight is 499 g/mol. The van der Waals surface area contributed by atoms with Crippen molar-refractivity contribution in [3.8, 4) is 5.75 Å². The Balaban J connectivity index is 1.57. The number of morpholine rings is 1. The molecule has 186 valence electrons. The Kier molecular flexibility index (Phi) is 7.83. The van der Waals surface area contributed by atoms with Crippen molar-refractivity contribution >= 4 is 34.9 Å². The summed E-state index contributed by atoms with van der Waals surface area (Å²) in [6.07, 6.45) is -1.10. The van der Waals surface area contributed by atoms with Crippen LogP contribution < -0.4 is 14.5 Å². The normalized spacial score (nSPS) is 13.8. The van der Waals surface area contributed by atoms with Crippen LogP contribution in [-0.2, 0) is 11.3 Å². The van der Waals surface area contributed by atoms with E-state index >= 15 is 0 Å². The third-order valence-electron chi connectivity index (χ3n) is 5.79. The van der Waals surface area contributed by atoms with Crippen LogP contribution in [0.3, 0.4) is 0 Å². The second-order valence-corrected chi connectivity index (χ2v) is 9.43. The van der Waals surface area contributed by atoms with Crippen molar-refractivity contribution in [2.75, 3.05) is 42.7 Å². The monoisotopic (exact) mass is 498 g/mol. The first-order valence-corrected chi connectivity index (χ1v) is 12.1. The van der Waals surface area contributed by atoms with Gasteiger partial charge in [0.2, 0.25) is 0 Å². The van der Waals surface area contributed by atoms with Crippen molar-refractivity contribution in [3.05, 3.63) is 64.8 Å². The fourth-order valence-corrected chi connectivity index (χ4v) is 4.16. The van der Waals surface area contributed by atoms with E-state index in [9.17, 15) is 9.90 Å². The highest BCUT2D eigenvalue weighted by Crippen LogP contribution is 2.29. The molecule has 2 heterocycles. The highest BCUT2D eigenvalue weighted by Gasteiger charge is 2.22. The van der Waals surface area contributed by atoms with E-state index in [0.29, 0.717) is 48.8 Å². The summed E-state index contributed by atoms with van der Waals surface area (Å²) in [5.74, 6) is 1.46. The molecule has 35 heavy (non-hydrogen) atoms. The lowest BCUT2D eigenvalue weighted by molar-refractivity contribution is 0.122. The first kappa shape index (κ1) is 24.9. The Bertz CT molecular complexity index is 1160. The Morgan fingerprint density at radius 1 is 1.17 bits per heavy atom. The number of aromatic nitrogens is 2. The number of carboxylic acid groups (broad SMARTS) is 1. The summed E-state index contributed by atoms with van der Waals surface area (Å²) in [6.45, 7) is 10.1. The van der Waals surface area contributed by atoms with Gasteiger partial charge in [-0.1, -0.05) is 25.4 Å². The zero-order valence-electron chi connectivity index (χ0n) is 20.3. The molecule has 1 N–H and O–H groups in total. The second-order valence-electron chi connectivity index (χ2n) is 8.99. The molecule has 0 spiro atoms. The van der Waals surface area contributed by atoms with Crippen LogP contribution in [-0.4, -0.2) is 53.9 Å². The lowest BCUT2D eigenvalue weighted by Gasteiger charge is -2.29. The van der Waals surface area contributed by atoms with Gasteiger partial charge in [0, 0.05) is 41.1 Å². The van der Waals surface area contributed by atoms with Gasteiger partial charge in [-0.2, -0.15) is 5.10 Å². The highest BCUT2D eigenvalue weighted by atomic mass is 35.5. The molecule has 1 aromatic heterocycles. The van der Waals surface area contributed by atoms with Crippen LogP contribution in [0.4, 0.5) is 22.0 Å². The van der Waals surface area contributed by atoms with Crippen molar-refractivity contribution in [1.29, 1.82) is 0 Å². The summed E-state index contributed by atoms with van der Waals surface area (Å²) in [5.41, 5.74) is 3.28. The minimum atomic E-state index is -1.10. The molecular formula is C26H31ClN4O4. The van der Waals surface area contributed by atoms with Gasteiger partial charge in [0.15, 0.2) is 5.82 Å². The highest BCUT2D eigenvalue weighted by molar-refractivity contribution is 6.30. The first-order valence-electron chi connectivity index (χ1n) is 11.7. The van der Waals surface area contributed by atoms with Crippen molar-refractivity contribution in [2.45, 2.75) is 27.3 Å². The SMILES string of the molecule is Cc1cc(N(C(=O)O)c2ccc(N3CCOCC3)cc2)nn1Cc1cc(Cl)ccc1OCC(C)C. The number of nitrogens with zero attached hydrogens (tertiary/aromatic N) is 4. The van der Waals surface area contributed by atoms with E-state index in [0.717, 1.165) is 35.8 Å². The lowest BCUT2D eigenvalue weighted by atomic mass is 10.2. The third-order valence-corrected chi connectivity index (χ3v) is 6.02. The number of aryl methyl sites for hydroxylation is 1. The fourth-order valence-electron chi connectivity index (χ4n) is 3.97. The molecule has 0 radical (unpaired) electrons. The van der Waals surface area contributed by atoms with E-state index in [1.54, 1.807) is 16.8 Å². The lowest BCUT2D eigenvalue weighted by Crippen LogP contribution is -2.36. The van der Waals surface area contributed by atoms with Gasteiger partial charge in [-0.3, -0.25) is 4.68 Å². The van der Waals surface area contributed by atoms with Crippen LogP contribution in [0.2, 0.25) is 5.02 Å². The van der Waals surface area contributed by atoms with Gasteiger partial charge in [-0.25, -0.2) is 9.69 Å². The zero-order chi connectivity index (χ0) is 24.9. The number of rotatable bonds is 8. The number of halogens is 1. The topological polar surface area (TPSA) is 80.1 Å². The van der Waals surface area contributed by atoms with Crippen molar-refractivity contribution in [1.82, 2.24) is 9.78 Å². The van der Waals surface area contributed by atoms with Crippen molar-refractivity contribution in [2.24, 2.45) is 5.92 Å². The quantitative estimate of drug-likeness (QED) is 0.436. The Labute approximate surface area is 210 Å². The average Bonchev–Trinajstić information content (AvgIpc) is 3.18. The molecule has 4 rings (SSSR count). The van der Waals surface area contributed by atoms with Crippen molar-refractivity contribution < 1.29 is 19.4 Å². The van der Waals surface area contributed by atoms with Crippen LogP contribution in [0.25, 0.3) is 0 Å². The van der Waals surface area contributed by atoms with Gasteiger partial charge in [0.1, 0.15) is 5.75 Å². The van der Waals surface area contributed by atoms with Crippen LogP contribution in [0, 0.1) is 12.8 Å². The molecule has 0 unspecified atom stereocenters. The summed E-state index contributed by atoms with van der Waals surface area (Å²) in [5, 5.41) is 15.2. The first-order chi connectivity index (χ1) is 16.8. The molecule has 1 saturated heterocycles. The predicted molar refractivity (Wildman–Crippen MR) is 137 cm³/mol. The Hall–Kier alpha value is -3.23. The number of amides is 1. The van der Waals surface area contributed by atoms with Gasteiger partial charge >= 0.3 is 6.09 Å². The number of benzene rings is 2. The largest absolute Gasteiger partial charge is 0.493 e. The van der Waals surface area contributed by atoms with E-state index < -0.39 is 6.09 Å². The van der Waals surface area contributed by atoms with Crippen LogP contribution in [0.15, 0.2) is 48.5 Å². The van der Waals surface area contributed by atoms with E-state index in [2.05, 4.69) is 23.8 Å². The number of hydrogen-bond donors (Lipinski definition) is 1. The van der Waals surface area contributed by atoms with Crippen LogP contribution >= 0.6 is 11.6 Å². The third kappa shape index (κ3) is 6.07. The van der Waals surface area contributed by atoms with Gasteiger partial charge in [0.25, 0.3) is 0 Å². The van der Waals surface area contributed by atoms with E-state index in [1.165, 1.54) is 4.90 Å². The molecule has 0 bridgehead atoms. The maximum Gasteiger partial charge on any atom is 0.417 e. The summed E-state index contributed by atoms with van der Waals surface area (Å²) in [7, 11) is 0. The molecule has 1 fully saturated rings. The molecule has 0 aliphatic carbocycles. The summed E-state index contributed by atoms with van der Waals surface area (Å²) in [4.78, 5) is 15.6. The summed E-state index contributed by atoms with van der Waals surface area (Å²) in [6, 6.07) is 14.8. The van der Waals surface area contributed by atoms with Gasteiger partial charge in [-0.15, -0.1) is 0 Å². The second kappa shape index (κ2) is 11.0. The Morgan fingerprint density at radius 3 is 2.54 bits per heavy atom. The predicted octanol–water partition coefficient (Wildman–Crippen LogP) is 5.58. The van der Waals surface area contributed by atoms with E-state index in [1.807, 2.05) is 43.3 Å². The maximum atomic E-state index is 12.2. The van der Waals surface area contributed by atoms with Crippen LogP contribution in [0.1, 0.15) is 25.1 Å². The maximum absolute atomic E-state index is 12.2. The molecular weight excluding hydrogens is 468 g/mol. The van der Waals surface area contributed by atoms with Gasteiger partial charge < -0.3 is 19.5 Å². The molecule has 1 aliphatic rings. The molecule has 2 aromatic carbocycles. The molecule has 0 atom stereocenters. The zero-order valence-corrected chi connectivity index (χ0v) is 21.0. The molecule has 3 aromatic rings. The van der Waals surface area contributed by atoms with E-state index in [-0.39, 0.29) is 0 Å². The standard InChI is InChI=1S/C26H31ClN4O4/c1-18(2)17-35-24-9-4-21(27)15-20(24)16-30-19(3)14-25(28-30)31(26(32)33)23-7-5-22(6-8-23)29-10-12-34-13-11-29/h4-9,14-15,18H,10-13,16-17H2,1-3H3,(H,32,33). The smallest absolute Gasteiger partial charge is 0.417 e. The fraction of sp³-hybridized carbons (Fsp3) is 0.385. The van der Waals surface area contributed by atoms with Gasteiger partial charge in [-0.05, 0) is 55.3 Å². The van der Waals surface area contributed by atoms with Crippen molar-refractivity contribution in [3.63, 3.8) is 0 Å². The molecule has 1 aliphatic heterocycles.